The van der Waals surface area contributed by atoms with Crippen LogP contribution in [0.3, 0.4) is 0 Å². The monoisotopic (exact) mass is 495 g/mol. The number of halogens is 3. The van der Waals surface area contributed by atoms with Gasteiger partial charge in [0.15, 0.2) is 17.4 Å². The van der Waals surface area contributed by atoms with Crippen molar-refractivity contribution in [2.45, 2.75) is 59.7 Å². The number of aryl methyl sites for hydroxylation is 1. The summed E-state index contributed by atoms with van der Waals surface area (Å²) in [6.45, 7) is 6.59. The van der Waals surface area contributed by atoms with Gasteiger partial charge in [-0.15, -0.1) is 4.92 Å². The molecule has 0 saturated heterocycles. The number of benzene rings is 1. The summed E-state index contributed by atoms with van der Waals surface area (Å²) in [7, 11) is 0. The molecule has 3 rings (SSSR count). The van der Waals surface area contributed by atoms with Crippen LogP contribution in [0.4, 0.5) is 19.0 Å². The highest BCUT2D eigenvalue weighted by Gasteiger charge is 2.33. The number of ether oxygens (including phenoxy) is 1. The molecule has 0 bridgehead atoms. The number of hydroxylamine groups is 2. The van der Waals surface area contributed by atoms with Crippen LogP contribution >= 0.6 is 0 Å². The highest BCUT2D eigenvalue weighted by molar-refractivity contribution is 6.12. The Morgan fingerprint density at radius 1 is 1.29 bits per heavy atom. The van der Waals surface area contributed by atoms with Gasteiger partial charge in [-0.3, -0.25) is 4.79 Å². The summed E-state index contributed by atoms with van der Waals surface area (Å²) in [4.78, 5) is 15.1. The SMILES string of the molecule is Cc1nc(N[N+]([O-])(O)C(C)(C)C)ccc1-c1c(C(N)=O)c2cc(F)c(OC(F)F)cc2n1C(C)C. The molecule has 9 nitrogen and oxygen atoms in total. The summed E-state index contributed by atoms with van der Waals surface area (Å²) in [5.74, 6) is -2.52. The van der Waals surface area contributed by atoms with Gasteiger partial charge in [0.05, 0.1) is 16.8 Å². The number of nitrogens with zero attached hydrogens (tertiary/aromatic N) is 3. The predicted octanol–water partition coefficient (Wildman–Crippen LogP) is 5.26. The maximum Gasteiger partial charge on any atom is 0.387 e. The quantitative estimate of drug-likeness (QED) is 0.303. The maximum absolute atomic E-state index is 14.6. The van der Waals surface area contributed by atoms with E-state index in [1.165, 1.54) is 6.07 Å². The van der Waals surface area contributed by atoms with Crippen LogP contribution in [0.5, 0.6) is 5.75 Å². The number of pyridine rings is 1. The van der Waals surface area contributed by atoms with Crippen molar-refractivity contribution in [2.24, 2.45) is 5.73 Å². The number of aromatic nitrogens is 2. The van der Waals surface area contributed by atoms with E-state index in [-0.39, 0.29) is 28.3 Å². The fraction of sp³-hybridized carbons (Fsp3) is 0.391. The Bertz CT molecular complexity index is 1280. The number of hydrogen-bond acceptors (Lipinski definition) is 6. The molecule has 0 aliphatic rings. The molecule has 0 fully saturated rings. The number of nitrogens with two attached hydrogens (primary N) is 1. The number of nitrogens with one attached hydrogen (secondary N) is 1. The zero-order valence-corrected chi connectivity index (χ0v) is 20.2. The lowest BCUT2D eigenvalue weighted by Gasteiger charge is -2.43. The minimum Gasteiger partial charge on any atom is -0.572 e. The average Bonchev–Trinajstić information content (AvgIpc) is 3.00. The zero-order chi connectivity index (χ0) is 26.5. The van der Waals surface area contributed by atoms with E-state index in [1.807, 2.05) is 0 Å². The second-order valence-corrected chi connectivity index (χ2v) is 9.42. The van der Waals surface area contributed by atoms with E-state index in [1.54, 1.807) is 52.2 Å². The molecule has 2 aromatic heterocycles. The van der Waals surface area contributed by atoms with Gasteiger partial charge in [-0.05, 0) is 59.7 Å². The number of primary amides is 1. The highest BCUT2D eigenvalue weighted by atomic mass is 19.3. The van der Waals surface area contributed by atoms with Gasteiger partial charge in [0.25, 0.3) is 5.91 Å². The third-order valence-corrected chi connectivity index (χ3v) is 5.55. The molecule has 35 heavy (non-hydrogen) atoms. The van der Waals surface area contributed by atoms with Crippen molar-refractivity contribution in [3.05, 3.63) is 46.5 Å². The summed E-state index contributed by atoms with van der Waals surface area (Å²) in [6, 6.07) is 4.73. The largest absolute Gasteiger partial charge is 0.572 e. The topological polar surface area (TPSA) is 125 Å². The number of carbonyl (C=O) groups excluding carboxylic acids is 1. The number of fused-ring (bicyclic) bond motifs is 1. The van der Waals surface area contributed by atoms with Gasteiger partial charge in [0, 0.05) is 28.8 Å². The summed E-state index contributed by atoms with van der Waals surface area (Å²) in [5, 5.41) is 22.8. The van der Waals surface area contributed by atoms with Gasteiger partial charge >= 0.3 is 6.61 Å². The first kappa shape index (κ1) is 26.3. The molecule has 0 radical (unpaired) electrons. The van der Waals surface area contributed by atoms with Crippen LogP contribution in [0.1, 0.15) is 56.7 Å². The number of quaternary nitrogens is 1. The molecule has 0 spiro atoms. The average molecular weight is 496 g/mol. The third-order valence-electron chi connectivity index (χ3n) is 5.55. The van der Waals surface area contributed by atoms with E-state index < -0.39 is 34.5 Å². The van der Waals surface area contributed by atoms with Gasteiger partial charge < -0.3 is 20.2 Å². The Labute approximate surface area is 200 Å². The van der Waals surface area contributed by atoms with E-state index >= 15 is 0 Å². The summed E-state index contributed by atoms with van der Waals surface area (Å²) < 4.78 is 46.1. The first-order valence-corrected chi connectivity index (χ1v) is 10.8. The van der Waals surface area contributed by atoms with Crippen molar-refractivity contribution in [2.75, 3.05) is 5.43 Å². The number of hydrogen-bond donors (Lipinski definition) is 3. The van der Waals surface area contributed by atoms with Gasteiger partial charge in [-0.25, -0.2) is 9.37 Å². The molecule has 190 valence electrons. The predicted molar refractivity (Wildman–Crippen MR) is 124 cm³/mol. The molecule has 1 aromatic carbocycles. The van der Waals surface area contributed by atoms with Crippen LogP contribution in [0.15, 0.2) is 24.3 Å². The van der Waals surface area contributed by atoms with Crippen molar-refractivity contribution in [3.8, 4) is 17.0 Å². The van der Waals surface area contributed by atoms with Crippen LogP contribution in [-0.4, -0.2) is 37.7 Å². The zero-order valence-electron chi connectivity index (χ0n) is 20.2. The highest BCUT2D eigenvalue weighted by Crippen LogP contribution is 2.40. The summed E-state index contributed by atoms with van der Waals surface area (Å²) in [5.41, 5.74) is 8.31. The Kier molecular flexibility index (Phi) is 6.77. The Morgan fingerprint density at radius 3 is 2.40 bits per heavy atom. The van der Waals surface area contributed by atoms with Gasteiger partial charge in [-0.2, -0.15) is 19.4 Å². The first-order chi connectivity index (χ1) is 16.0. The maximum atomic E-state index is 14.6. The number of carbonyl (C=O) groups is 1. The van der Waals surface area contributed by atoms with Gasteiger partial charge in [0.1, 0.15) is 5.54 Å². The molecule has 12 heteroatoms. The Morgan fingerprint density at radius 2 is 1.91 bits per heavy atom. The van der Waals surface area contributed by atoms with E-state index in [2.05, 4.69) is 15.1 Å². The molecular weight excluding hydrogens is 467 g/mol. The van der Waals surface area contributed by atoms with E-state index in [0.29, 0.717) is 17.0 Å². The fourth-order valence-electron chi connectivity index (χ4n) is 3.74. The van der Waals surface area contributed by atoms with Crippen molar-refractivity contribution in [1.29, 1.82) is 0 Å². The molecule has 1 atom stereocenters. The number of amides is 1. The standard InChI is InChI=1S/C23H28F3N5O4/c1-11(2)30-16-10-17(35-22(25)26)15(24)9-14(16)19(21(27)32)20(30)13-7-8-18(28-12(13)3)29-31(33,34)23(4,5)6/h7-11,22,33H,1-6H3,(H2,27,32)(H,28,29). The van der Waals surface area contributed by atoms with E-state index in [4.69, 9.17) is 5.73 Å². The second kappa shape index (κ2) is 9.02. The number of alkyl halides is 2. The van der Waals surface area contributed by atoms with Crippen molar-refractivity contribution in [1.82, 2.24) is 9.55 Å². The van der Waals surface area contributed by atoms with Gasteiger partial charge in [-0.1, -0.05) is 0 Å². The second-order valence-electron chi connectivity index (χ2n) is 9.42. The molecular formula is C23H28F3N5O4. The van der Waals surface area contributed by atoms with E-state index in [9.17, 15) is 28.4 Å². The Hall–Kier alpha value is -3.35. The van der Waals surface area contributed by atoms with Crippen LogP contribution < -0.4 is 15.9 Å². The lowest BCUT2D eigenvalue weighted by Crippen LogP contribution is -2.57. The summed E-state index contributed by atoms with van der Waals surface area (Å²) in [6.07, 6.45) is 0. The molecule has 3 aromatic rings. The number of anilines is 1. The summed E-state index contributed by atoms with van der Waals surface area (Å²) >= 11 is 0. The fourth-order valence-corrected chi connectivity index (χ4v) is 3.74. The molecule has 2 heterocycles. The smallest absolute Gasteiger partial charge is 0.387 e. The van der Waals surface area contributed by atoms with E-state index in [0.717, 1.165) is 12.1 Å². The molecule has 1 unspecified atom stereocenters. The molecule has 0 saturated carbocycles. The minimum atomic E-state index is -3.24. The molecule has 0 aliphatic carbocycles. The van der Waals surface area contributed by atoms with Crippen molar-refractivity contribution in [3.63, 3.8) is 0 Å². The van der Waals surface area contributed by atoms with Crippen LogP contribution in [-0.2, 0) is 0 Å². The molecule has 4 N–H and O–H groups in total. The molecule has 0 aliphatic heterocycles. The normalized spacial score (nSPS) is 14.0. The lowest BCUT2D eigenvalue weighted by molar-refractivity contribution is -1.08. The van der Waals surface area contributed by atoms with Crippen LogP contribution in [0.25, 0.3) is 22.2 Å². The lowest BCUT2D eigenvalue weighted by atomic mass is 10.0. The van der Waals surface area contributed by atoms with Crippen molar-refractivity contribution >= 4 is 22.6 Å². The van der Waals surface area contributed by atoms with Crippen molar-refractivity contribution < 1.29 is 32.8 Å². The number of rotatable bonds is 7. The molecule has 1 amide bonds. The Balaban J connectivity index is 2.27. The third kappa shape index (κ3) is 4.90. The van der Waals surface area contributed by atoms with Gasteiger partial charge in [0.2, 0.25) is 0 Å². The van der Waals surface area contributed by atoms with Crippen LogP contribution in [0.2, 0.25) is 0 Å². The minimum absolute atomic E-state index is 0.0207. The first-order valence-electron chi connectivity index (χ1n) is 10.8. The van der Waals surface area contributed by atoms with Crippen LogP contribution in [0, 0.1) is 17.9 Å².